The van der Waals surface area contributed by atoms with Crippen molar-refractivity contribution in [2.24, 2.45) is 5.92 Å². The molecule has 0 fully saturated rings. The van der Waals surface area contributed by atoms with E-state index in [0.29, 0.717) is 6.42 Å². The van der Waals surface area contributed by atoms with Crippen LogP contribution in [0.3, 0.4) is 0 Å². The molecule has 0 aromatic heterocycles. The van der Waals surface area contributed by atoms with Gasteiger partial charge in [-0.2, -0.15) is 0 Å². The molecule has 1 unspecified atom stereocenters. The standard InChI is InChI=1S/C17H24O4/c1-13(16(19)21-17(2,3)4)10-11-15(18)20-12-14-8-6-5-7-9-14/h5-9,13H,10-12H2,1-4H3. The third-order valence-corrected chi connectivity index (χ3v) is 2.83. The predicted molar refractivity (Wildman–Crippen MR) is 80.5 cm³/mol. The molecule has 1 atom stereocenters. The summed E-state index contributed by atoms with van der Waals surface area (Å²) in [6.07, 6.45) is 0.649. The van der Waals surface area contributed by atoms with Crippen molar-refractivity contribution >= 4 is 11.9 Å². The Bertz CT molecular complexity index is 459. The highest BCUT2D eigenvalue weighted by Gasteiger charge is 2.22. The van der Waals surface area contributed by atoms with Crippen LogP contribution in [0.25, 0.3) is 0 Å². The van der Waals surface area contributed by atoms with Gasteiger partial charge in [-0.3, -0.25) is 9.59 Å². The zero-order chi connectivity index (χ0) is 15.9. The first-order valence-electron chi connectivity index (χ1n) is 7.20. The van der Waals surface area contributed by atoms with Crippen LogP contribution in [0.15, 0.2) is 30.3 Å². The van der Waals surface area contributed by atoms with Gasteiger partial charge in [-0.1, -0.05) is 37.3 Å². The molecule has 0 N–H and O–H groups in total. The van der Waals surface area contributed by atoms with E-state index < -0.39 is 5.60 Å². The molecule has 1 aromatic rings. The Morgan fingerprint density at radius 3 is 2.33 bits per heavy atom. The van der Waals surface area contributed by atoms with Crippen LogP contribution in [-0.4, -0.2) is 17.5 Å². The first-order valence-corrected chi connectivity index (χ1v) is 7.20. The van der Waals surface area contributed by atoms with Gasteiger partial charge < -0.3 is 9.47 Å². The van der Waals surface area contributed by atoms with Crippen LogP contribution in [-0.2, 0) is 25.7 Å². The number of rotatable bonds is 6. The van der Waals surface area contributed by atoms with Crippen LogP contribution in [0.5, 0.6) is 0 Å². The lowest BCUT2D eigenvalue weighted by Crippen LogP contribution is -2.28. The minimum Gasteiger partial charge on any atom is -0.461 e. The van der Waals surface area contributed by atoms with Crippen molar-refractivity contribution in [3.63, 3.8) is 0 Å². The molecule has 0 spiro atoms. The average Bonchev–Trinajstić information content (AvgIpc) is 2.41. The van der Waals surface area contributed by atoms with E-state index in [1.807, 2.05) is 51.1 Å². The zero-order valence-corrected chi connectivity index (χ0v) is 13.2. The molecule has 4 nitrogen and oxygen atoms in total. The normalized spacial score (nSPS) is 12.6. The first kappa shape index (κ1) is 17.2. The Hall–Kier alpha value is -1.84. The van der Waals surface area contributed by atoms with Gasteiger partial charge in [-0.05, 0) is 32.8 Å². The first-order chi connectivity index (χ1) is 9.78. The maximum absolute atomic E-state index is 11.8. The lowest BCUT2D eigenvalue weighted by molar-refractivity contribution is -0.159. The summed E-state index contributed by atoms with van der Waals surface area (Å²) >= 11 is 0. The quantitative estimate of drug-likeness (QED) is 0.753. The van der Waals surface area contributed by atoms with Crippen LogP contribution < -0.4 is 0 Å². The highest BCUT2D eigenvalue weighted by Crippen LogP contribution is 2.15. The van der Waals surface area contributed by atoms with Crippen LogP contribution in [0.1, 0.15) is 46.1 Å². The van der Waals surface area contributed by atoms with Gasteiger partial charge in [-0.25, -0.2) is 0 Å². The Labute approximate surface area is 126 Å². The minimum atomic E-state index is -0.501. The number of benzene rings is 1. The molecule has 21 heavy (non-hydrogen) atoms. The third kappa shape index (κ3) is 7.49. The summed E-state index contributed by atoms with van der Waals surface area (Å²) in [6.45, 7) is 7.50. The molecule has 0 amide bonds. The Morgan fingerprint density at radius 1 is 1.14 bits per heavy atom. The molecule has 0 radical (unpaired) electrons. The summed E-state index contributed by atoms with van der Waals surface area (Å²) in [5, 5.41) is 0. The largest absolute Gasteiger partial charge is 0.461 e. The molecule has 0 saturated carbocycles. The molecular weight excluding hydrogens is 268 g/mol. The topological polar surface area (TPSA) is 52.6 Å². The fourth-order valence-corrected chi connectivity index (χ4v) is 1.66. The highest BCUT2D eigenvalue weighted by atomic mass is 16.6. The number of hydrogen-bond acceptors (Lipinski definition) is 4. The SMILES string of the molecule is CC(CCC(=O)OCc1ccccc1)C(=O)OC(C)(C)C. The van der Waals surface area contributed by atoms with Gasteiger partial charge in [0, 0.05) is 6.42 Å². The lowest BCUT2D eigenvalue weighted by atomic mass is 10.1. The predicted octanol–water partition coefficient (Wildman–Crippen LogP) is 3.49. The van der Waals surface area contributed by atoms with E-state index in [-0.39, 0.29) is 30.9 Å². The average molecular weight is 292 g/mol. The highest BCUT2D eigenvalue weighted by molar-refractivity contribution is 5.74. The smallest absolute Gasteiger partial charge is 0.309 e. The van der Waals surface area contributed by atoms with E-state index in [0.717, 1.165) is 5.56 Å². The minimum absolute atomic E-state index is 0.216. The van der Waals surface area contributed by atoms with Crippen molar-refractivity contribution in [2.45, 2.75) is 52.7 Å². The molecule has 0 aliphatic heterocycles. The molecule has 4 heteroatoms. The second kappa shape index (κ2) is 7.81. The van der Waals surface area contributed by atoms with E-state index in [1.54, 1.807) is 6.92 Å². The van der Waals surface area contributed by atoms with Gasteiger partial charge in [-0.15, -0.1) is 0 Å². The molecule has 116 valence electrons. The molecule has 0 bridgehead atoms. The summed E-state index contributed by atoms with van der Waals surface area (Å²) in [5.41, 5.74) is 0.449. The van der Waals surface area contributed by atoms with Gasteiger partial charge in [0.25, 0.3) is 0 Å². The fraction of sp³-hybridized carbons (Fsp3) is 0.529. The summed E-state index contributed by atoms with van der Waals surface area (Å²) < 4.78 is 10.4. The summed E-state index contributed by atoms with van der Waals surface area (Å²) in [4.78, 5) is 23.4. The molecule has 1 rings (SSSR count). The van der Waals surface area contributed by atoms with Crippen LogP contribution in [0.4, 0.5) is 0 Å². The zero-order valence-electron chi connectivity index (χ0n) is 13.2. The van der Waals surface area contributed by atoms with Gasteiger partial charge in [0.05, 0.1) is 5.92 Å². The van der Waals surface area contributed by atoms with Crippen LogP contribution >= 0.6 is 0 Å². The summed E-state index contributed by atoms with van der Waals surface area (Å²) in [5.74, 6) is -0.888. The van der Waals surface area contributed by atoms with Crippen molar-refractivity contribution < 1.29 is 19.1 Å². The molecule has 0 heterocycles. The van der Waals surface area contributed by atoms with Crippen molar-refractivity contribution in [2.75, 3.05) is 0 Å². The van der Waals surface area contributed by atoms with Gasteiger partial charge in [0.2, 0.25) is 0 Å². The number of esters is 2. The van der Waals surface area contributed by atoms with Crippen LogP contribution in [0, 0.1) is 5.92 Å². The molecule has 1 aromatic carbocycles. The Balaban J connectivity index is 2.28. The third-order valence-electron chi connectivity index (χ3n) is 2.83. The van der Waals surface area contributed by atoms with E-state index in [4.69, 9.17) is 9.47 Å². The van der Waals surface area contributed by atoms with Gasteiger partial charge in [0.15, 0.2) is 0 Å². The Kier molecular flexibility index (Phi) is 6.40. The maximum atomic E-state index is 11.8. The van der Waals surface area contributed by atoms with Gasteiger partial charge in [0.1, 0.15) is 12.2 Å². The summed E-state index contributed by atoms with van der Waals surface area (Å²) in [7, 11) is 0. The van der Waals surface area contributed by atoms with Crippen LogP contribution in [0.2, 0.25) is 0 Å². The number of ether oxygens (including phenoxy) is 2. The number of hydrogen-bond donors (Lipinski definition) is 0. The van der Waals surface area contributed by atoms with Gasteiger partial charge >= 0.3 is 11.9 Å². The second-order valence-electron chi connectivity index (χ2n) is 6.12. The number of carbonyl (C=O) groups is 2. The fourth-order valence-electron chi connectivity index (χ4n) is 1.66. The second-order valence-corrected chi connectivity index (χ2v) is 6.12. The summed E-state index contributed by atoms with van der Waals surface area (Å²) in [6, 6.07) is 9.50. The molecule has 0 saturated heterocycles. The number of carbonyl (C=O) groups excluding carboxylic acids is 2. The van der Waals surface area contributed by atoms with Crippen molar-refractivity contribution in [3.8, 4) is 0 Å². The van der Waals surface area contributed by atoms with Crippen molar-refractivity contribution in [1.82, 2.24) is 0 Å². The monoisotopic (exact) mass is 292 g/mol. The van der Waals surface area contributed by atoms with E-state index >= 15 is 0 Å². The lowest BCUT2D eigenvalue weighted by Gasteiger charge is -2.22. The molecule has 0 aliphatic carbocycles. The van der Waals surface area contributed by atoms with Crippen molar-refractivity contribution in [1.29, 1.82) is 0 Å². The van der Waals surface area contributed by atoms with E-state index in [9.17, 15) is 9.59 Å². The van der Waals surface area contributed by atoms with Crippen molar-refractivity contribution in [3.05, 3.63) is 35.9 Å². The Morgan fingerprint density at radius 2 is 1.76 bits per heavy atom. The molecular formula is C17H24O4. The molecule has 0 aliphatic rings. The van der Waals surface area contributed by atoms with E-state index in [1.165, 1.54) is 0 Å². The maximum Gasteiger partial charge on any atom is 0.309 e. The van der Waals surface area contributed by atoms with E-state index in [2.05, 4.69) is 0 Å².